The Bertz CT molecular complexity index is 770. The Balaban J connectivity index is 1.27. The maximum atomic E-state index is 12.7. The molecule has 27 heavy (non-hydrogen) atoms. The molecule has 0 N–H and O–H groups in total. The number of sulfone groups is 1. The van der Waals surface area contributed by atoms with Gasteiger partial charge in [0.2, 0.25) is 5.91 Å². The van der Waals surface area contributed by atoms with E-state index in [1.54, 1.807) is 12.1 Å². The van der Waals surface area contributed by atoms with E-state index in [9.17, 15) is 13.2 Å². The summed E-state index contributed by atoms with van der Waals surface area (Å²) in [6, 6.07) is 7.16. The Hall–Kier alpha value is -1.56. The van der Waals surface area contributed by atoms with Gasteiger partial charge in [0.05, 0.1) is 4.90 Å². The fourth-order valence-electron chi connectivity index (χ4n) is 5.11. The lowest BCUT2D eigenvalue weighted by atomic mass is 9.92. The molecule has 2 aliphatic heterocycles. The van der Waals surface area contributed by atoms with E-state index in [1.165, 1.54) is 25.5 Å². The molecule has 148 valence electrons. The van der Waals surface area contributed by atoms with Crippen LogP contribution >= 0.6 is 0 Å². The van der Waals surface area contributed by atoms with E-state index in [1.807, 2.05) is 12.1 Å². The minimum atomic E-state index is -3.15. The molecule has 1 aliphatic carbocycles. The molecule has 1 amide bonds. The molecule has 2 unspecified atom stereocenters. The van der Waals surface area contributed by atoms with E-state index in [0.29, 0.717) is 23.1 Å². The van der Waals surface area contributed by atoms with E-state index in [0.717, 1.165) is 56.5 Å². The van der Waals surface area contributed by atoms with E-state index in [4.69, 9.17) is 0 Å². The zero-order valence-electron chi connectivity index (χ0n) is 16.1. The second-order valence-electron chi connectivity index (χ2n) is 8.65. The first-order chi connectivity index (χ1) is 12.9. The average Bonchev–Trinajstić information content (AvgIpc) is 3.24. The fraction of sp³-hybridized carbons (Fsp3) is 0.667. The maximum Gasteiger partial charge on any atom is 0.222 e. The smallest absolute Gasteiger partial charge is 0.222 e. The third-order valence-corrected chi connectivity index (χ3v) is 7.92. The minimum absolute atomic E-state index is 0.361. The molecule has 0 bridgehead atoms. The summed E-state index contributed by atoms with van der Waals surface area (Å²) in [5.41, 5.74) is 1.07. The Labute approximate surface area is 162 Å². The van der Waals surface area contributed by atoms with Crippen LogP contribution in [-0.2, 0) is 14.6 Å². The predicted molar refractivity (Wildman–Crippen MR) is 107 cm³/mol. The van der Waals surface area contributed by atoms with Gasteiger partial charge in [-0.25, -0.2) is 8.42 Å². The summed E-state index contributed by atoms with van der Waals surface area (Å²) >= 11 is 0. The number of carbonyl (C=O) groups is 1. The molecule has 1 aromatic rings. The summed E-state index contributed by atoms with van der Waals surface area (Å²) in [5.74, 6) is 2.38. The molecule has 1 aromatic carbocycles. The van der Waals surface area contributed by atoms with E-state index >= 15 is 0 Å². The lowest BCUT2D eigenvalue weighted by molar-refractivity contribution is -0.131. The number of nitrogens with zero attached hydrogens (tertiary/aromatic N) is 2. The van der Waals surface area contributed by atoms with Crippen molar-refractivity contribution in [2.24, 2.45) is 17.8 Å². The topological polar surface area (TPSA) is 57.7 Å². The van der Waals surface area contributed by atoms with E-state index < -0.39 is 9.84 Å². The van der Waals surface area contributed by atoms with Crippen molar-refractivity contribution in [1.82, 2.24) is 4.90 Å². The van der Waals surface area contributed by atoms with Gasteiger partial charge in [0, 0.05) is 44.5 Å². The number of rotatable bonds is 4. The third kappa shape index (κ3) is 4.15. The standard InChI is InChI=1S/C21H30N2O3S/c1-27(25,26)20-7-5-19(6-8-20)22-11-9-16(10-12-22)13-21(24)23-14-17-3-2-4-18(17)15-23/h5-8,16-18H,2-4,9-15H2,1H3. The van der Waals surface area contributed by atoms with Crippen molar-refractivity contribution < 1.29 is 13.2 Å². The molecule has 5 nitrogen and oxygen atoms in total. The zero-order chi connectivity index (χ0) is 19.0. The van der Waals surface area contributed by atoms with Crippen LogP contribution in [0.2, 0.25) is 0 Å². The van der Waals surface area contributed by atoms with Crippen LogP contribution in [0.5, 0.6) is 0 Å². The van der Waals surface area contributed by atoms with Crippen LogP contribution in [0.15, 0.2) is 29.2 Å². The van der Waals surface area contributed by atoms with Crippen molar-refractivity contribution in [2.45, 2.75) is 43.4 Å². The molecule has 0 spiro atoms. The highest BCUT2D eigenvalue weighted by molar-refractivity contribution is 7.90. The van der Waals surface area contributed by atoms with Gasteiger partial charge in [-0.2, -0.15) is 0 Å². The molecule has 0 radical (unpaired) electrons. The summed E-state index contributed by atoms with van der Waals surface area (Å²) < 4.78 is 23.2. The molecule has 0 aromatic heterocycles. The number of benzene rings is 1. The Kier molecular flexibility index (Phi) is 5.19. The normalized spacial score (nSPS) is 26.4. The van der Waals surface area contributed by atoms with Gasteiger partial charge in [0.25, 0.3) is 0 Å². The number of hydrogen-bond donors (Lipinski definition) is 0. The van der Waals surface area contributed by atoms with Gasteiger partial charge in [0.15, 0.2) is 9.84 Å². The van der Waals surface area contributed by atoms with Crippen LogP contribution in [0.1, 0.15) is 38.5 Å². The number of piperidine rings is 1. The number of anilines is 1. The molecule has 2 heterocycles. The number of hydrogen-bond acceptors (Lipinski definition) is 4. The molecule has 2 saturated heterocycles. The summed E-state index contributed by atoms with van der Waals surface area (Å²) in [6.07, 6.45) is 7.95. The molecule has 2 atom stereocenters. The van der Waals surface area contributed by atoms with Crippen molar-refractivity contribution >= 4 is 21.4 Å². The highest BCUT2D eigenvalue weighted by Crippen LogP contribution is 2.38. The van der Waals surface area contributed by atoms with Gasteiger partial charge in [-0.3, -0.25) is 4.79 Å². The van der Waals surface area contributed by atoms with Crippen molar-refractivity contribution in [3.63, 3.8) is 0 Å². The van der Waals surface area contributed by atoms with Gasteiger partial charge >= 0.3 is 0 Å². The number of carbonyl (C=O) groups excluding carboxylic acids is 1. The van der Waals surface area contributed by atoms with Gasteiger partial charge < -0.3 is 9.80 Å². The second kappa shape index (κ2) is 7.46. The van der Waals surface area contributed by atoms with E-state index in [2.05, 4.69) is 9.80 Å². The van der Waals surface area contributed by atoms with Crippen molar-refractivity contribution in [1.29, 1.82) is 0 Å². The fourth-order valence-corrected chi connectivity index (χ4v) is 5.74. The monoisotopic (exact) mass is 390 g/mol. The lowest BCUT2D eigenvalue weighted by Crippen LogP contribution is -2.37. The molecule has 1 saturated carbocycles. The van der Waals surface area contributed by atoms with Crippen LogP contribution < -0.4 is 4.90 Å². The number of fused-ring (bicyclic) bond motifs is 1. The summed E-state index contributed by atoms with van der Waals surface area (Å²) in [7, 11) is -3.15. The predicted octanol–water partition coefficient (Wildman–Crippen LogP) is 2.96. The molecule has 3 aliphatic rings. The third-order valence-electron chi connectivity index (χ3n) is 6.79. The van der Waals surface area contributed by atoms with Crippen LogP contribution in [0.25, 0.3) is 0 Å². The van der Waals surface area contributed by atoms with Crippen LogP contribution in [0.4, 0.5) is 5.69 Å². The Morgan fingerprint density at radius 2 is 1.59 bits per heavy atom. The largest absolute Gasteiger partial charge is 0.372 e. The molecular weight excluding hydrogens is 360 g/mol. The summed E-state index contributed by atoms with van der Waals surface area (Å²) in [4.78, 5) is 17.5. The van der Waals surface area contributed by atoms with Gasteiger partial charge in [-0.15, -0.1) is 0 Å². The minimum Gasteiger partial charge on any atom is -0.372 e. The lowest BCUT2D eigenvalue weighted by Gasteiger charge is -2.34. The highest BCUT2D eigenvalue weighted by Gasteiger charge is 2.38. The van der Waals surface area contributed by atoms with Gasteiger partial charge in [-0.05, 0) is 67.7 Å². The van der Waals surface area contributed by atoms with Crippen LogP contribution in [0, 0.1) is 17.8 Å². The summed E-state index contributed by atoms with van der Waals surface area (Å²) in [5, 5.41) is 0. The van der Waals surface area contributed by atoms with E-state index in [-0.39, 0.29) is 0 Å². The SMILES string of the molecule is CS(=O)(=O)c1ccc(N2CCC(CC(=O)N3CC4CCCC4C3)CC2)cc1. The summed E-state index contributed by atoms with van der Waals surface area (Å²) in [6.45, 7) is 3.85. The zero-order valence-corrected chi connectivity index (χ0v) is 17.0. The van der Waals surface area contributed by atoms with Crippen molar-refractivity contribution in [3.8, 4) is 0 Å². The van der Waals surface area contributed by atoms with Crippen LogP contribution in [-0.4, -0.2) is 51.7 Å². The van der Waals surface area contributed by atoms with Crippen LogP contribution in [0.3, 0.4) is 0 Å². The highest BCUT2D eigenvalue weighted by atomic mass is 32.2. The Morgan fingerprint density at radius 3 is 2.15 bits per heavy atom. The second-order valence-corrected chi connectivity index (χ2v) is 10.7. The quantitative estimate of drug-likeness (QED) is 0.793. The Morgan fingerprint density at radius 1 is 1.00 bits per heavy atom. The average molecular weight is 391 g/mol. The first-order valence-corrected chi connectivity index (χ1v) is 12.1. The van der Waals surface area contributed by atoms with Gasteiger partial charge in [0.1, 0.15) is 0 Å². The van der Waals surface area contributed by atoms with Crippen molar-refractivity contribution in [2.75, 3.05) is 37.3 Å². The maximum absolute atomic E-state index is 12.7. The molecule has 6 heteroatoms. The molecule has 3 fully saturated rings. The first-order valence-electron chi connectivity index (χ1n) is 10.2. The number of amides is 1. The van der Waals surface area contributed by atoms with Crippen molar-refractivity contribution in [3.05, 3.63) is 24.3 Å². The number of likely N-dealkylation sites (tertiary alicyclic amines) is 1. The molecule has 4 rings (SSSR count). The van der Waals surface area contributed by atoms with Gasteiger partial charge in [-0.1, -0.05) is 6.42 Å². The molecular formula is C21H30N2O3S. The first kappa shape index (κ1) is 18.8.